The summed E-state index contributed by atoms with van der Waals surface area (Å²) in [5.74, 6) is 0. The van der Waals surface area contributed by atoms with Gasteiger partial charge in [-0.25, -0.2) is 0 Å². The summed E-state index contributed by atoms with van der Waals surface area (Å²) in [6.45, 7) is 5.28. The third-order valence-corrected chi connectivity index (χ3v) is 3.75. The molecule has 0 spiro atoms. The molecule has 0 unspecified atom stereocenters. The van der Waals surface area contributed by atoms with Crippen LogP contribution in [-0.2, 0) is 0 Å². The van der Waals surface area contributed by atoms with Crippen LogP contribution in [-0.4, -0.2) is 13.6 Å². The number of hydrogen-bond acceptors (Lipinski definition) is 2. The van der Waals surface area contributed by atoms with Crippen molar-refractivity contribution in [2.24, 2.45) is 5.41 Å². The first-order valence-corrected chi connectivity index (χ1v) is 6.22. The highest BCUT2D eigenvalue weighted by molar-refractivity contribution is 5.54. The van der Waals surface area contributed by atoms with Crippen LogP contribution in [0.4, 0.5) is 5.69 Å². The molecule has 0 heterocycles. The summed E-state index contributed by atoms with van der Waals surface area (Å²) < 4.78 is 0. The summed E-state index contributed by atoms with van der Waals surface area (Å²) in [6, 6.07) is 8.89. The lowest BCUT2D eigenvalue weighted by atomic mass is 10.0. The van der Waals surface area contributed by atoms with Crippen molar-refractivity contribution in [3.8, 4) is 6.07 Å². The monoisotopic (exact) mass is 228 g/mol. The predicted molar refractivity (Wildman–Crippen MR) is 71.1 cm³/mol. The Hall–Kier alpha value is -1.49. The van der Waals surface area contributed by atoms with Gasteiger partial charge in [-0.3, -0.25) is 0 Å². The molecule has 0 aliphatic heterocycles. The molecule has 2 rings (SSSR count). The maximum atomic E-state index is 8.85. The Labute approximate surface area is 104 Å². The molecule has 2 nitrogen and oxygen atoms in total. The van der Waals surface area contributed by atoms with E-state index in [4.69, 9.17) is 5.26 Å². The third kappa shape index (κ3) is 2.61. The average Bonchev–Trinajstić information content (AvgIpc) is 2.97. The molecule has 1 saturated carbocycles. The molecule has 2 heteroatoms. The summed E-state index contributed by atoms with van der Waals surface area (Å²) in [7, 11) is 2.13. The van der Waals surface area contributed by atoms with Crippen molar-refractivity contribution in [3.05, 3.63) is 29.3 Å². The van der Waals surface area contributed by atoms with Crippen molar-refractivity contribution in [1.29, 1.82) is 5.26 Å². The number of aryl methyl sites for hydroxylation is 2. The highest BCUT2D eigenvalue weighted by Gasteiger charge is 2.43. The van der Waals surface area contributed by atoms with E-state index in [2.05, 4.69) is 50.1 Å². The van der Waals surface area contributed by atoms with E-state index in [-0.39, 0.29) is 5.41 Å². The van der Waals surface area contributed by atoms with E-state index >= 15 is 0 Å². The minimum Gasteiger partial charge on any atom is -0.374 e. The number of nitrogens with zero attached hydrogens (tertiary/aromatic N) is 2. The second kappa shape index (κ2) is 4.41. The Bertz CT molecular complexity index is 452. The van der Waals surface area contributed by atoms with Crippen LogP contribution in [0.5, 0.6) is 0 Å². The normalized spacial score (nSPS) is 16.4. The quantitative estimate of drug-likeness (QED) is 0.789. The summed E-state index contributed by atoms with van der Waals surface area (Å²) in [6.07, 6.45) is 3.11. The number of rotatable bonds is 4. The largest absolute Gasteiger partial charge is 0.374 e. The van der Waals surface area contributed by atoms with Gasteiger partial charge < -0.3 is 4.90 Å². The average molecular weight is 228 g/mol. The molecule has 0 aromatic heterocycles. The van der Waals surface area contributed by atoms with Crippen LogP contribution < -0.4 is 4.90 Å². The molecule has 0 bridgehead atoms. The zero-order chi connectivity index (χ0) is 12.5. The molecule has 1 aromatic carbocycles. The Balaban J connectivity index is 2.10. The highest BCUT2D eigenvalue weighted by Crippen LogP contribution is 2.49. The van der Waals surface area contributed by atoms with Gasteiger partial charge in [0.1, 0.15) is 0 Å². The Kier molecular flexibility index (Phi) is 3.11. The van der Waals surface area contributed by atoms with Gasteiger partial charge in [0.25, 0.3) is 0 Å². The van der Waals surface area contributed by atoms with Gasteiger partial charge in [0.15, 0.2) is 0 Å². The fraction of sp³-hybridized carbons (Fsp3) is 0.533. The minimum absolute atomic E-state index is 0.279. The van der Waals surface area contributed by atoms with Crippen LogP contribution in [0.1, 0.15) is 30.4 Å². The molecule has 17 heavy (non-hydrogen) atoms. The van der Waals surface area contributed by atoms with Crippen molar-refractivity contribution in [3.63, 3.8) is 0 Å². The fourth-order valence-corrected chi connectivity index (χ4v) is 2.56. The minimum atomic E-state index is 0.279. The zero-order valence-electron chi connectivity index (χ0n) is 11.0. The summed E-state index contributed by atoms with van der Waals surface area (Å²) in [5, 5.41) is 8.85. The number of anilines is 1. The molecular formula is C15H20N2. The molecule has 1 aliphatic rings. The van der Waals surface area contributed by atoms with E-state index in [9.17, 15) is 0 Å². The second-order valence-corrected chi connectivity index (χ2v) is 5.48. The van der Waals surface area contributed by atoms with Gasteiger partial charge in [-0.2, -0.15) is 5.26 Å². The van der Waals surface area contributed by atoms with E-state index in [1.807, 2.05) is 0 Å². The molecule has 90 valence electrons. The second-order valence-electron chi connectivity index (χ2n) is 5.48. The SMILES string of the molecule is Cc1ccc(N(C)CC2(CC#N)CC2)c(C)c1. The first-order chi connectivity index (χ1) is 8.06. The van der Waals surface area contributed by atoms with Crippen LogP contribution in [0, 0.1) is 30.6 Å². The van der Waals surface area contributed by atoms with Crippen LogP contribution in [0.25, 0.3) is 0 Å². The third-order valence-electron chi connectivity index (χ3n) is 3.75. The molecule has 1 aromatic rings. The Morgan fingerprint density at radius 3 is 2.59 bits per heavy atom. The lowest BCUT2D eigenvalue weighted by Crippen LogP contribution is -2.26. The van der Waals surface area contributed by atoms with Crippen molar-refractivity contribution < 1.29 is 0 Å². The van der Waals surface area contributed by atoms with E-state index < -0.39 is 0 Å². The van der Waals surface area contributed by atoms with Gasteiger partial charge in [0, 0.05) is 31.1 Å². The van der Waals surface area contributed by atoms with Gasteiger partial charge >= 0.3 is 0 Å². The standard InChI is InChI=1S/C15H20N2/c1-12-4-5-14(13(2)10-12)17(3)11-15(6-7-15)8-9-16/h4-5,10H,6-8,11H2,1-3H3. The summed E-state index contributed by atoms with van der Waals surface area (Å²) >= 11 is 0. The van der Waals surface area contributed by atoms with Crippen molar-refractivity contribution >= 4 is 5.69 Å². The molecule has 0 atom stereocenters. The molecule has 0 saturated heterocycles. The number of hydrogen-bond donors (Lipinski definition) is 0. The van der Waals surface area contributed by atoms with Crippen molar-refractivity contribution in [1.82, 2.24) is 0 Å². The van der Waals surface area contributed by atoms with Gasteiger partial charge in [-0.15, -0.1) is 0 Å². The van der Waals surface area contributed by atoms with E-state index in [1.54, 1.807) is 0 Å². The van der Waals surface area contributed by atoms with Crippen molar-refractivity contribution in [2.75, 3.05) is 18.5 Å². The zero-order valence-corrected chi connectivity index (χ0v) is 11.0. The van der Waals surface area contributed by atoms with Gasteiger partial charge in [-0.1, -0.05) is 17.7 Å². The summed E-state index contributed by atoms with van der Waals surface area (Å²) in [5.41, 5.74) is 4.19. The number of benzene rings is 1. The molecular weight excluding hydrogens is 208 g/mol. The van der Waals surface area contributed by atoms with Crippen LogP contribution in [0.3, 0.4) is 0 Å². The number of nitriles is 1. The Morgan fingerprint density at radius 2 is 2.06 bits per heavy atom. The lowest BCUT2D eigenvalue weighted by Gasteiger charge is -2.26. The maximum absolute atomic E-state index is 8.85. The van der Waals surface area contributed by atoms with Crippen LogP contribution in [0.2, 0.25) is 0 Å². The van der Waals surface area contributed by atoms with Gasteiger partial charge in [0.05, 0.1) is 6.07 Å². The van der Waals surface area contributed by atoms with E-state index in [0.717, 1.165) is 6.54 Å². The van der Waals surface area contributed by atoms with E-state index in [0.29, 0.717) is 6.42 Å². The van der Waals surface area contributed by atoms with Crippen LogP contribution >= 0.6 is 0 Å². The van der Waals surface area contributed by atoms with Crippen molar-refractivity contribution in [2.45, 2.75) is 33.1 Å². The van der Waals surface area contributed by atoms with Gasteiger partial charge in [-0.05, 0) is 38.3 Å². The maximum Gasteiger partial charge on any atom is 0.0628 e. The predicted octanol–water partition coefficient (Wildman–Crippen LogP) is 3.43. The first-order valence-electron chi connectivity index (χ1n) is 6.22. The summed E-state index contributed by atoms with van der Waals surface area (Å²) in [4.78, 5) is 2.30. The van der Waals surface area contributed by atoms with E-state index in [1.165, 1.54) is 29.7 Å². The van der Waals surface area contributed by atoms with Crippen LogP contribution in [0.15, 0.2) is 18.2 Å². The van der Waals surface area contributed by atoms with Gasteiger partial charge in [0.2, 0.25) is 0 Å². The topological polar surface area (TPSA) is 27.0 Å². The highest BCUT2D eigenvalue weighted by atomic mass is 15.1. The first kappa shape index (κ1) is 12.0. The molecule has 0 radical (unpaired) electrons. The Morgan fingerprint density at radius 1 is 1.35 bits per heavy atom. The smallest absolute Gasteiger partial charge is 0.0628 e. The molecule has 1 aliphatic carbocycles. The molecule has 0 N–H and O–H groups in total. The molecule has 1 fully saturated rings. The fourth-order valence-electron chi connectivity index (χ4n) is 2.56. The lowest BCUT2D eigenvalue weighted by molar-refractivity contribution is 0.523. The molecule has 0 amide bonds.